The summed E-state index contributed by atoms with van der Waals surface area (Å²) >= 11 is 0. The minimum absolute atomic E-state index is 0.0878. The highest BCUT2D eigenvalue weighted by molar-refractivity contribution is 6.06. The Morgan fingerprint density at radius 3 is 2.91 bits per heavy atom. The molecule has 2 heterocycles. The van der Waals surface area contributed by atoms with Gasteiger partial charge in [0.15, 0.2) is 0 Å². The Morgan fingerprint density at radius 1 is 1.57 bits per heavy atom. The Hall–Kier alpha value is -2.42. The van der Waals surface area contributed by atoms with E-state index in [0.717, 1.165) is 18.5 Å². The van der Waals surface area contributed by atoms with E-state index in [9.17, 15) is 4.79 Å². The van der Waals surface area contributed by atoms with Crippen molar-refractivity contribution in [2.45, 2.75) is 39.5 Å². The van der Waals surface area contributed by atoms with Crippen LogP contribution < -0.4 is 0 Å². The Labute approximate surface area is 135 Å². The summed E-state index contributed by atoms with van der Waals surface area (Å²) in [7, 11) is 0. The van der Waals surface area contributed by atoms with Gasteiger partial charge in [-0.1, -0.05) is 5.16 Å². The first-order chi connectivity index (χ1) is 11.0. The number of carbonyl (C=O) groups is 1. The minimum atomic E-state index is -0.206. The number of aryl methyl sites for hydroxylation is 1. The number of fused-ring (bicyclic) bond motifs is 1. The van der Waals surface area contributed by atoms with Crippen molar-refractivity contribution >= 4 is 17.0 Å². The third kappa shape index (κ3) is 2.91. The first-order valence-corrected chi connectivity index (χ1v) is 8.01. The molecule has 6 heteroatoms. The molecule has 0 aromatic carbocycles. The fourth-order valence-corrected chi connectivity index (χ4v) is 2.77. The van der Waals surface area contributed by atoms with Gasteiger partial charge in [-0.05, 0) is 39.7 Å². The second-order valence-electron chi connectivity index (χ2n) is 6.19. The second kappa shape index (κ2) is 5.99. The Morgan fingerprint density at radius 2 is 2.30 bits per heavy atom. The van der Waals surface area contributed by atoms with E-state index in [1.807, 2.05) is 26.8 Å². The molecule has 1 aliphatic carbocycles. The number of nitrogens with zero attached hydrogens (tertiary/aromatic N) is 4. The molecule has 1 atom stereocenters. The summed E-state index contributed by atoms with van der Waals surface area (Å²) in [5, 5.41) is 13.7. The van der Waals surface area contributed by atoms with Gasteiger partial charge in [0.05, 0.1) is 28.6 Å². The van der Waals surface area contributed by atoms with Crippen molar-refractivity contribution in [3.8, 4) is 6.07 Å². The van der Waals surface area contributed by atoms with Crippen molar-refractivity contribution in [3.63, 3.8) is 0 Å². The van der Waals surface area contributed by atoms with Crippen molar-refractivity contribution in [2.75, 3.05) is 13.1 Å². The van der Waals surface area contributed by atoms with Crippen LogP contribution in [0.4, 0.5) is 0 Å². The van der Waals surface area contributed by atoms with Crippen LogP contribution in [-0.2, 0) is 0 Å². The molecule has 120 valence electrons. The average Bonchev–Trinajstić information content (AvgIpc) is 3.35. The number of carbonyl (C=O) groups excluding carboxylic acids is 1. The molecule has 0 N–H and O–H groups in total. The first kappa shape index (κ1) is 15.5. The van der Waals surface area contributed by atoms with Gasteiger partial charge in [-0.15, -0.1) is 0 Å². The first-order valence-electron chi connectivity index (χ1n) is 8.01. The van der Waals surface area contributed by atoms with Crippen molar-refractivity contribution in [1.29, 1.82) is 5.26 Å². The molecule has 0 bridgehead atoms. The van der Waals surface area contributed by atoms with E-state index < -0.39 is 0 Å². The smallest absolute Gasteiger partial charge is 0.259 e. The molecule has 0 spiro atoms. The summed E-state index contributed by atoms with van der Waals surface area (Å²) in [5.41, 5.74) is 2.59. The molecular formula is C17H20N4O2. The highest BCUT2D eigenvalue weighted by atomic mass is 16.5. The quantitative estimate of drug-likeness (QED) is 0.847. The van der Waals surface area contributed by atoms with Crippen LogP contribution in [0.1, 0.15) is 54.4 Å². The fraction of sp³-hybridized carbons (Fsp3) is 0.529. The third-order valence-corrected chi connectivity index (χ3v) is 4.25. The van der Waals surface area contributed by atoms with Crippen LogP contribution in [0.15, 0.2) is 10.6 Å². The monoisotopic (exact) mass is 312 g/mol. The molecule has 1 unspecified atom stereocenters. The predicted molar refractivity (Wildman–Crippen MR) is 84.9 cm³/mol. The molecule has 3 rings (SSSR count). The van der Waals surface area contributed by atoms with Crippen LogP contribution in [-0.4, -0.2) is 34.0 Å². The van der Waals surface area contributed by atoms with E-state index >= 15 is 0 Å². The summed E-state index contributed by atoms with van der Waals surface area (Å²) in [6, 6.07) is 4.06. The molecule has 2 aromatic rings. The largest absolute Gasteiger partial charge is 0.338 e. The molecule has 0 aliphatic heterocycles. The summed E-state index contributed by atoms with van der Waals surface area (Å²) in [6.45, 7) is 6.52. The van der Waals surface area contributed by atoms with Gasteiger partial charge in [-0.2, -0.15) is 5.26 Å². The lowest BCUT2D eigenvalue weighted by Gasteiger charge is -2.22. The number of nitriles is 1. The molecule has 6 nitrogen and oxygen atoms in total. The topological polar surface area (TPSA) is 83.0 Å². The molecule has 1 amide bonds. The average molecular weight is 312 g/mol. The van der Waals surface area contributed by atoms with Crippen LogP contribution in [0.2, 0.25) is 0 Å². The summed E-state index contributed by atoms with van der Waals surface area (Å²) in [4.78, 5) is 19.2. The third-order valence-electron chi connectivity index (χ3n) is 4.25. The number of amides is 1. The number of rotatable bonds is 5. The zero-order valence-electron chi connectivity index (χ0n) is 13.7. The van der Waals surface area contributed by atoms with Gasteiger partial charge in [0.1, 0.15) is 0 Å². The number of aromatic nitrogens is 2. The Balaban J connectivity index is 2.04. The second-order valence-corrected chi connectivity index (χ2v) is 6.19. The molecule has 1 fully saturated rings. The number of pyridine rings is 1. The van der Waals surface area contributed by atoms with Gasteiger partial charge in [-0.3, -0.25) is 4.79 Å². The molecular weight excluding hydrogens is 292 g/mol. The summed E-state index contributed by atoms with van der Waals surface area (Å²) in [5.74, 6) is 0.127. The highest BCUT2D eigenvalue weighted by Crippen LogP contribution is 2.40. The number of hydrogen-bond donors (Lipinski definition) is 0. The maximum absolute atomic E-state index is 13.0. The standard InChI is InChI=1S/C17H20N4O2/c1-4-21(9-10(2)8-18)17(22)13-7-14(12-5-6-12)19-16-15(13)11(3)20-23-16/h7,10,12H,4-6,9H2,1-3H3. The minimum Gasteiger partial charge on any atom is -0.338 e. The van der Waals surface area contributed by atoms with Gasteiger partial charge in [0.25, 0.3) is 11.6 Å². The van der Waals surface area contributed by atoms with E-state index in [4.69, 9.17) is 9.78 Å². The van der Waals surface area contributed by atoms with Gasteiger partial charge >= 0.3 is 0 Å². The van der Waals surface area contributed by atoms with E-state index in [1.165, 1.54) is 0 Å². The molecule has 1 aliphatic rings. The normalized spacial score (nSPS) is 15.4. The van der Waals surface area contributed by atoms with Crippen molar-refractivity contribution < 1.29 is 9.32 Å². The molecule has 1 saturated carbocycles. The Kier molecular flexibility index (Phi) is 4.03. The van der Waals surface area contributed by atoms with E-state index in [0.29, 0.717) is 41.4 Å². The van der Waals surface area contributed by atoms with Crippen molar-refractivity contribution in [2.24, 2.45) is 5.92 Å². The van der Waals surface area contributed by atoms with Crippen LogP contribution in [0, 0.1) is 24.2 Å². The van der Waals surface area contributed by atoms with Crippen molar-refractivity contribution in [3.05, 3.63) is 23.0 Å². The lowest BCUT2D eigenvalue weighted by molar-refractivity contribution is 0.0754. The van der Waals surface area contributed by atoms with E-state index in [-0.39, 0.29) is 11.8 Å². The maximum Gasteiger partial charge on any atom is 0.259 e. The molecule has 0 saturated heterocycles. The lowest BCUT2D eigenvalue weighted by atomic mass is 10.1. The van der Waals surface area contributed by atoms with Crippen LogP contribution in [0.5, 0.6) is 0 Å². The SMILES string of the molecule is CCN(CC(C)C#N)C(=O)c1cc(C2CC2)nc2onc(C)c12. The van der Waals surface area contributed by atoms with Gasteiger partial charge in [0, 0.05) is 24.7 Å². The molecule has 2 aromatic heterocycles. The Bertz CT molecular complexity index is 786. The van der Waals surface area contributed by atoms with E-state index in [1.54, 1.807) is 4.90 Å². The van der Waals surface area contributed by atoms with Crippen LogP contribution >= 0.6 is 0 Å². The van der Waals surface area contributed by atoms with E-state index in [2.05, 4.69) is 16.2 Å². The molecule has 0 radical (unpaired) electrons. The number of hydrogen-bond acceptors (Lipinski definition) is 5. The van der Waals surface area contributed by atoms with Crippen molar-refractivity contribution in [1.82, 2.24) is 15.0 Å². The zero-order chi connectivity index (χ0) is 16.6. The van der Waals surface area contributed by atoms with Gasteiger partial charge in [0.2, 0.25) is 0 Å². The lowest BCUT2D eigenvalue weighted by Crippen LogP contribution is -2.34. The fourth-order valence-electron chi connectivity index (χ4n) is 2.77. The van der Waals surface area contributed by atoms with Crippen LogP contribution in [0.3, 0.4) is 0 Å². The highest BCUT2D eigenvalue weighted by Gasteiger charge is 2.29. The van der Waals surface area contributed by atoms with Gasteiger partial charge < -0.3 is 9.42 Å². The zero-order valence-corrected chi connectivity index (χ0v) is 13.7. The van der Waals surface area contributed by atoms with Gasteiger partial charge in [-0.25, -0.2) is 4.98 Å². The van der Waals surface area contributed by atoms with Crippen LogP contribution in [0.25, 0.3) is 11.1 Å². The maximum atomic E-state index is 13.0. The predicted octanol–water partition coefficient (Wildman–Crippen LogP) is 3.03. The molecule has 23 heavy (non-hydrogen) atoms. The summed E-state index contributed by atoms with van der Waals surface area (Å²) < 4.78 is 5.29. The summed E-state index contributed by atoms with van der Waals surface area (Å²) in [6.07, 6.45) is 2.20.